The van der Waals surface area contributed by atoms with E-state index < -0.39 is 0 Å². The van der Waals surface area contributed by atoms with E-state index in [1.165, 1.54) is 0 Å². The Labute approximate surface area is 129 Å². The van der Waals surface area contributed by atoms with Gasteiger partial charge in [-0.05, 0) is 12.8 Å². The summed E-state index contributed by atoms with van der Waals surface area (Å²) >= 11 is 1.68. The van der Waals surface area contributed by atoms with Gasteiger partial charge in [-0.15, -0.1) is 11.3 Å². The quantitative estimate of drug-likeness (QED) is 0.910. The van der Waals surface area contributed by atoms with E-state index in [-0.39, 0.29) is 18.2 Å². The van der Waals surface area contributed by atoms with E-state index in [1.807, 2.05) is 11.6 Å². The lowest BCUT2D eigenvalue weighted by atomic mass is 10.0. The van der Waals surface area contributed by atoms with Crippen molar-refractivity contribution < 1.29 is 9.53 Å². The van der Waals surface area contributed by atoms with E-state index in [1.54, 1.807) is 30.3 Å². The van der Waals surface area contributed by atoms with Crippen LogP contribution in [0.3, 0.4) is 0 Å². The van der Waals surface area contributed by atoms with Crippen molar-refractivity contribution in [3.05, 3.63) is 16.6 Å². The number of hydrogen-bond acceptors (Lipinski definition) is 5. The van der Waals surface area contributed by atoms with Crippen LogP contribution in [0.2, 0.25) is 0 Å². The zero-order valence-electron chi connectivity index (χ0n) is 12.5. The Hall–Kier alpha value is -1.18. The minimum Gasteiger partial charge on any atom is -0.374 e. The minimum atomic E-state index is -0.0518. The van der Waals surface area contributed by atoms with Gasteiger partial charge in [0.25, 0.3) is 0 Å². The van der Waals surface area contributed by atoms with Gasteiger partial charge in [-0.3, -0.25) is 4.90 Å². The van der Waals surface area contributed by atoms with Gasteiger partial charge in [-0.25, -0.2) is 9.78 Å². The summed E-state index contributed by atoms with van der Waals surface area (Å²) in [4.78, 5) is 20.3. The molecular weight excluding hydrogens is 288 g/mol. The zero-order chi connectivity index (χ0) is 14.8. The highest BCUT2D eigenvalue weighted by Crippen LogP contribution is 2.30. The molecule has 1 aromatic rings. The first-order chi connectivity index (χ1) is 10.1. The molecule has 2 amide bonds. The molecule has 2 aliphatic rings. The number of thiazole rings is 1. The number of urea groups is 1. The van der Waals surface area contributed by atoms with Gasteiger partial charge in [0, 0.05) is 44.9 Å². The van der Waals surface area contributed by atoms with Crippen molar-refractivity contribution in [1.82, 2.24) is 20.1 Å². The number of likely N-dealkylation sites (tertiary alicyclic amines) is 1. The number of nitrogens with zero attached hydrogens (tertiary/aromatic N) is 3. The van der Waals surface area contributed by atoms with Crippen molar-refractivity contribution in [2.24, 2.45) is 0 Å². The van der Waals surface area contributed by atoms with E-state index in [2.05, 4.69) is 15.2 Å². The second kappa shape index (κ2) is 6.29. The number of fused-ring (bicyclic) bond motifs is 1. The Morgan fingerprint density at radius 2 is 2.48 bits per heavy atom. The van der Waals surface area contributed by atoms with Gasteiger partial charge in [-0.1, -0.05) is 0 Å². The van der Waals surface area contributed by atoms with Crippen LogP contribution >= 0.6 is 11.3 Å². The molecule has 0 bridgehead atoms. The summed E-state index contributed by atoms with van der Waals surface area (Å²) in [5.41, 5.74) is 0. The molecule has 0 aliphatic carbocycles. The summed E-state index contributed by atoms with van der Waals surface area (Å²) in [5, 5.41) is 6.22. The molecule has 0 radical (unpaired) electrons. The summed E-state index contributed by atoms with van der Waals surface area (Å²) in [6.07, 6.45) is 4.16. The first-order valence-electron chi connectivity index (χ1n) is 7.37. The molecule has 0 aromatic carbocycles. The molecule has 3 atom stereocenters. The fourth-order valence-electron chi connectivity index (χ4n) is 3.16. The SMILES string of the molecule is CN(C)C(=O)N[C@@H]1CN(Cc2nccs2)[C@H]2CCCO[C@@H]12. The Balaban J connectivity index is 1.69. The maximum absolute atomic E-state index is 11.9. The molecule has 7 heteroatoms. The molecule has 3 rings (SSSR count). The Kier molecular flexibility index (Phi) is 4.42. The van der Waals surface area contributed by atoms with Gasteiger partial charge in [0.05, 0.1) is 18.7 Å². The number of rotatable bonds is 3. The van der Waals surface area contributed by atoms with Crippen molar-refractivity contribution in [3.8, 4) is 0 Å². The molecule has 1 aromatic heterocycles. The second-order valence-electron chi connectivity index (χ2n) is 5.85. The average Bonchev–Trinajstić information content (AvgIpc) is 3.09. The molecule has 6 nitrogen and oxygen atoms in total. The molecule has 2 saturated heterocycles. The van der Waals surface area contributed by atoms with Crippen LogP contribution in [0.5, 0.6) is 0 Å². The Morgan fingerprint density at radius 1 is 1.62 bits per heavy atom. The van der Waals surface area contributed by atoms with Crippen molar-refractivity contribution in [2.75, 3.05) is 27.2 Å². The highest BCUT2D eigenvalue weighted by Gasteiger charge is 2.44. The molecular formula is C14H22N4O2S. The summed E-state index contributed by atoms with van der Waals surface area (Å²) in [7, 11) is 3.52. The number of carbonyl (C=O) groups excluding carboxylic acids is 1. The summed E-state index contributed by atoms with van der Waals surface area (Å²) in [6.45, 7) is 2.46. The van der Waals surface area contributed by atoms with Crippen LogP contribution in [0, 0.1) is 0 Å². The lowest BCUT2D eigenvalue weighted by molar-refractivity contribution is -0.0207. The standard InChI is InChI=1S/C14H22N4O2S/c1-17(2)14(19)16-10-8-18(9-12-15-5-7-21-12)11-4-3-6-20-13(10)11/h5,7,10-11,13H,3-4,6,8-9H2,1-2H3,(H,16,19)/t10-,11+,13+/m1/s1. The van der Waals surface area contributed by atoms with Crippen LogP contribution in [0.15, 0.2) is 11.6 Å². The number of amides is 2. The van der Waals surface area contributed by atoms with E-state index in [4.69, 9.17) is 4.74 Å². The van der Waals surface area contributed by atoms with Gasteiger partial charge in [-0.2, -0.15) is 0 Å². The predicted molar refractivity (Wildman–Crippen MR) is 81.3 cm³/mol. The largest absolute Gasteiger partial charge is 0.374 e. The Morgan fingerprint density at radius 3 is 3.19 bits per heavy atom. The van der Waals surface area contributed by atoms with E-state index in [0.717, 1.165) is 37.5 Å². The molecule has 3 heterocycles. The van der Waals surface area contributed by atoms with Crippen LogP contribution in [-0.2, 0) is 11.3 Å². The van der Waals surface area contributed by atoms with Crippen LogP contribution in [-0.4, -0.2) is 66.2 Å². The number of nitrogens with one attached hydrogen (secondary N) is 1. The first kappa shape index (κ1) is 14.7. The third-order valence-electron chi connectivity index (χ3n) is 4.17. The highest BCUT2D eigenvalue weighted by molar-refractivity contribution is 7.09. The lowest BCUT2D eigenvalue weighted by Crippen LogP contribution is -2.50. The molecule has 1 N–H and O–H groups in total. The van der Waals surface area contributed by atoms with Crippen LogP contribution in [0.4, 0.5) is 4.79 Å². The summed E-state index contributed by atoms with van der Waals surface area (Å²) in [6, 6.07) is 0.393. The average molecular weight is 310 g/mol. The lowest BCUT2D eigenvalue weighted by Gasteiger charge is -2.32. The molecule has 0 unspecified atom stereocenters. The number of ether oxygens (including phenoxy) is 1. The smallest absolute Gasteiger partial charge is 0.317 e. The second-order valence-corrected chi connectivity index (χ2v) is 6.83. The van der Waals surface area contributed by atoms with Gasteiger partial charge in [0.1, 0.15) is 5.01 Å². The van der Waals surface area contributed by atoms with Crippen LogP contribution < -0.4 is 5.32 Å². The number of carbonyl (C=O) groups is 1. The predicted octanol–water partition coefficient (Wildman–Crippen LogP) is 1.15. The topological polar surface area (TPSA) is 57.7 Å². The number of aromatic nitrogens is 1. The Bertz CT molecular complexity index is 479. The molecule has 2 aliphatic heterocycles. The third kappa shape index (κ3) is 3.20. The van der Waals surface area contributed by atoms with Gasteiger partial charge >= 0.3 is 6.03 Å². The van der Waals surface area contributed by atoms with E-state index in [0.29, 0.717) is 6.04 Å². The maximum Gasteiger partial charge on any atom is 0.317 e. The molecule has 2 fully saturated rings. The molecule has 0 saturated carbocycles. The first-order valence-corrected chi connectivity index (χ1v) is 8.25. The van der Waals surface area contributed by atoms with Gasteiger partial charge in [0.2, 0.25) is 0 Å². The monoisotopic (exact) mass is 310 g/mol. The molecule has 0 spiro atoms. The number of hydrogen-bond donors (Lipinski definition) is 1. The fraction of sp³-hybridized carbons (Fsp3) is 0.714. The minimum absolute atomic E-state index is 0.0518. The fourth-order valence-corrected chi connectivity index (χ4v) is 3.80. The van der Waals surface area contributed by atoms with Crippen LogP contribution in [0.1, 0.15) is 17.8 Å². The normalized spacial score (nSPS) is 29.1. The van der Waals surface area contributed by atoms with Crippen molar-refractivity contribution in [3.63, 3.8) is 0 Å². The highest BCUT2D eigenvalue weighted by atomic mass is 32.1. The van der Waals surface area contributed by atoms with Crippen LogP contribution in [0.25, 0.3) is 0 Å². The maximum atomic E-state index is 11.9. The zero-order valence-corrected chi connectivity index (χ0v) is 13.3. The summed E-state index contributed by atoms with van der Waals surface area (Å²) < 4.78 is 5.95. The van der Waals surface area contributed by atoms with Crippen molar-refractivity contribution >= 4 is 17.4 Å². The van der Waals surface area contributed by atoms with Gasteiger partial charge < -0.3 is 15.0 Å². The summed E-state index contributed by atoms with van der Waals surface area (Å²) in [5.74, 6) is 0. The molecule has 116 valence electrons. The van der Waals surface area contributed by atoms with E-state index in [9.17, 15) is 4.79 Å². The molecule has 21 heavy (non-hydrogen) atoms. The van der Waals surface area contributed by atoms with Crippen molar-refractivity contribution in [1.29, 1.82) is 0 Å². The van der Waals surface area contributed by atoms with Gasteiger partial charge in [0.15, 0.2) is 0 Å². The third-order valence-corrected chi connectivity index (χ3v) is 4.93. The van der Waals surface area contributed by atoms with E-state index >= 15 is 0 Å². The van der Waals surface area contributed by atoms with Crippen molar-refractivity contribution in [2.45, 2.75) is 37.6 Å².